The van der Waals surface area contributed by atoms with Crippen molar-refractivity contribution in [1.82, 2.24) is 0 Å². The average Bonchev–Trinajstić information content (AvgIpc) is 3.06. The number of aliphatic hydroxyl groups excluding tert-OH is 2. The molecule has 0 saturated carbocycles. The zero-order valence-electron chi connectivity index (χ0n) is 25.8. The molecule has 2 fully saturated rings. The summed E-state index contributed by atoms with van der Waals surface area (Å²) in [6.07, 6.45) is -6.99. The van der Waals surface area contributed by atoms with Crippen LogP contribution >= 0.6 is 0 Å². The number of aliphatic hydroxyl groups is 2. The summed E-state index contributed by atoms with van der Waals surface area (Å²) in [6, 6.07) is 29.2. The highest BCUT2D eigenvalue weighted by Crippen LogP contribution is 2.34. The van der Waals surface area contributed by atoms with Crippen molar-refractivity contribution in [3.63, 3.8) is 0 Å². The van der Waals surface area contributed by atoms with E-state index in [-0.39, 0.29) is 19.8 Å². The van der Waals surface area contributed by atoms with E-state index in [1.165, 1.54) is 0 Å². The predicted octanol–water partition coefficient (Wildman–Crippen LogP) is 4.54. The first-order chi connectivity index (χ1) is 21.9. The van der Waals surface area contributed by atoms with Gasteiger partial charge < -0.3 is 43.4 Å². The normalized spacial score (nSPS) is 31.8. The van der Waals surface area contributed by atoms with Gasteiger partial charge in [-0.05, 0) is 30.5 Å². The maximum absolute atomic E-state index is 11.6. The zero-order valence-corrected chi connectivity index (χ0v) is 25.8. The van der Waals surface area contributed by atoms with E-state index in [0.717, 1.165) is 16.7 Å². The van der Waals surface area contributed by atoms with Gasteiger partial charge in [-0.15, -0.1) is 6.58 Å². The van der Waals surface area contributed by atoms with Crippen LogP contribution in [0, 0.1) is 0 Å². The van der Waals surface area contributed by atoms with E-state index < -0.39 is 61.4 Å². The summed E-state index contributed by atoms with van der Waals surface area (Å²) in [6.45, 7) is 8.44. The summed E-state index contributed by atoms with van der Waals surface area (Å²) in [5.74, 6) is 0. The Morgan fingerprint density at radius 1 is 0.600 bits per heavy atom. The molecule has 0 spiro atoms. The van der Waals surface area contributed by atoms with Crippen molar-refractivity contribution in [2.45, 2.75) is 95.1 Å². The number of hydrogen-bond acceptors (Lipinski definition) is 9. The Kier molecular flexibility index (Phi) is 12.3. The van der Waals surface area contributed by atoms with Gasteiger partial charge in [0, 0.05) is 0 Å². The van der Waals surface area contributed by atoms with Crippen LogP contribution in [0.5, 0.6) is 0 Å². The molecule has 3 aromatic carbocycles. The molecule has 242 valence electrons. The molecule has 10 atom stereocenters. The summed E-state index contributed by atoms with van der Waals surface area (Å²) in [5.41, 5.74) is 2.87. The first-order valence-corrected chi connectivity index (χ1v) is 15.5. The van der Waals surface area contributed by atoms with E-state index in [1.807, 2.05) is 105 Å². The summed E-state index contributed by atoms with van der Waals surface area (Å²) in [5, 5.41) is 22.7. The Labute approximate surface area is 265 Å². The third-order valence-corrected chi connectivity index (χ3v) is 8.05. The van der Waals surface area contributed by atoms with Crippen LogP contribution in [0.15, 0.2) is 104 Å². The van der Waals surface area contributed by atoms with Crippen molar-refractivity contribution >= 4 is 0 Å². The van der Waals surface area contributed by atoms with E-state index in [9.17, 15) is 10.2 Å². The Balaban J connectivity index is 1.36. The Bertz CT molecular complexity index is 1220. The fourth-order valence-electron chi connectivity index (χ4n) is 5.71. The Morgan fingerprint density at radius 3 is 1.53 bits per heavy atom. The molecule has 0 aromatic heterocycles. The number of ether oxygens (including phenoxy) is 7. The van der Waals surface area contributed by atoms with Crippen molar-refractivity contribution in [2.75, 3.05) is 6.61 Å². The second kappa shape index (κ2) is 16.6. The fourth-order valence-corrected chi connectivity index (χ4v) is 5.71. The first-order valence-electron chi connectivity index (χ1n) is 15.5. The average molecular weight is 621 g/mol. The molecule has 1 unspecified atom stereocenters. The van der Waals surface area contributed by atoms with E-state index in [4.69, 9.17) is 33.2 Å². The van der Waals surface area contributed by atoms with Gasteiger partial charge in [0.15, 0.2) is 12.6 Å². The van der Waals surface area contributed by atoms with Gasteiger partial charge >= 0.3 is 0 Å². The standard InChI is InChI=1S/C36H44O9/c1-4-20-39-32-29(37)36(44-25(3)30(32)40-21-26-14-8-5-9-15-26)45-33-31(41-22-27-16-10-6-11-17-27)24(2)43-35(38)34(33)42-23-28-18-12-7-13-19-28/h4-19,24-25,29-38H,1,20-23H2,2-3H3/t24-,25-,29+,30-,31-,32-,33+,34+,35+,36?/m1/s1. The molecule has 2 N–H and O–H groups in total. The van der Waals surface area contributed by atoms with Gasteiger partial charge in [0.1, 0.15) is 36.6 Å². The highest BCUT2D eigenvalue weighted by Gasteiger charge is 2.51. The van der Waals surface area contributed by atoms with Crippen molar-refractivity contribution in [1.29, 1.82) is 0 Å². The van der Waals surface area contributed by atoms with E-state index in [0.29, 0.717) is 6.61 Å². The van der Waals surface area contributed by atoms with Crippen LogP contribution in [-0.4, -0.2) is 78.2 Å². The summed E-state index contributed by atoms with van der Waals surface area (Å²) in [4.78, 5) is 0. The summed E-state index contributed by atoms with van der Waals surface area (Å²) >= 11 is 0. The number of hydrogen-bond donors (Lipinski definition) is 2. The SMILES string of the molecule is C=CCO[C@H]1[C@H](OCc2ccccc2)[C@@H](C)OC(O[C@H]2[C@H](OCc3ccccc3)[C@@H](C)O[C@H](O)[C@H]2OCc2ccccc2)[C@H]1O. The molecule has 0 aliphatic carbocycles. The van der Waals surface area contributed by atoms with Gasteiger partial charge in [-0.2, -0.15) is 0 Å². The lowest BCUT2D eigenvalue weighted by molar-refractivity contribution is -0.363. The van der Waals surface area contributed by atoms with Crippen LogP contribution in [0.1, 0.15) is 30.5 Å². The monoisotopic (exact) mass is 620 g/mol. The third-order valence-electron chi connectivity index (χ3n) is 8.05. The molecule has 5 rings (SSSR count). The highest BCUT2D eigenvalue weighted by molar-refractivity contribution is 5.15. The second-order valence-electron chi connectivity index (χ2n) is 11.4. The first kappa shape index (κ1) is 33.4. The van der Waals surface area contributed by atoms with Crippen LogP contribution in [0.4, 0.5) is 0 Å². The van der Waals surface area contributed by atoms with Gasteiger partial charge in [-0.3, -0.25) is 0 Å². The maximum Gasteiger partial charge on any atom is 0.187 e. The molecular formula is C36H44O9. The smallest absolute Gasteiger partial charge is 0.187 e. The van der Waals surface area contributed by atoms with Crippen molar-refractivity contribution in [2.24, 2.45) is 0 Å². The molecule has 9 heteroatoms. The van der Waals surface area contributed by atoms with Crippen molar-refractivity contribution in [3.8, 4) is 0 Å². The topological polar surface area (TPSA) is 105 Å². The molecule has 2 aliphatic heterocycles. The Hall–Kier alpha value is -2.96. The number of rotatable bonds is 14. The van der Waals surface area contributed by atoms with Crippen LogP contribution < -0.4 is 0 Å². The van der Waals surface area contributed by atoms with Crippen LogP contribution in [-0.2, 0) is 53.0 Å². The minimum Gasteiger partial charge on any atom is -0.385 e. The fraction of sp³-hybridized carbons (Fsp3) is 0.444. The molecule has 2 heterocycles. The van der Waals surface area contributed by atoms with Crippen LogP contribution in [0.2, 0.25) is 0 Å². The van der Waals surface area contributed by atoms with Crippen LogP contribution in [0.25, 0.3) is 0 Å². The zero-order chi connectivity index (χ0) is 31.6. The maximum atomic E-state index is 11.6. The van der Waals surface area contributed by atoms with Gasteiger partial charge in [0.25, 0.3) is 0 Å². The summed E-state index contributed by atoms with van der Waals surface area (Å²) < 4.78 is 43.6. The van der Waals surface area contributed by atoms with E-state index in [2.05, 4.69) is 6.58 Å². The van der Waals surface area contributed by atoms with Crippen LogP contribution in [0.3, 0.4) is 0 Å². The lowest BCUT2D eigenvalue weighted by atomic mass is 9.96. The Morgan fingerprint density at radius 2 is 1.04 bits per heavy atom. The van der Waals surface area contributed by atoms with Gasteiger partial charge in [-0.1, -0.05) is 97.1 Å². The summed E-state index contributed by atoms with van der Waals surface area (Å²) in [7, 11) is 0. The second-order valence-corrected chi connectivity index (χ2v) is 11.4. The van der Waals surface area contributed by atoms with E-state index in [1.54, 1.807) is 6.08 Å². The highest BCUT2D eigenvalue weighted by atomic mass is 16.7. The molecule has 0 radical (unpaired) electrons. The molecule has 9 nitrogen and oxygen atoms in total. The van der Waals surface area contributed by atoms with Crippen molar-refractivity contribution < 1.29 is 43.4 Å². The van der Waals surface area contributed by atoms with Gasteiger partial charge in [0.05, 0.1) is 38.6 Å². The molecule has 3 aromatic rings. The third kappa shape index (κ3) is 8.86. The minimum atomic E-state index is -1.31. The lowest BCUT2D eigenvalue weighted by Crippen LogP contribution is -2.64. The molecule has 0 amide bonds. The molecule has 2 aliphatic rings. The van der Waals surface area contributed by atoms with Crippen molar-refractivity contribution in [3.05, 3.63) is 120 Å². The largest absolute Gasteiger partial charge is 0.385 e. The van der Waals surface area contributed by atoms with E-state index >= 15 is 0 Å². The number of benzene rings is 3. The van der Waals surface area contributed by atoms with Gasteiger partial charge in [0.2, 0.25) is 0 Å². The minimum absolute atomic E-state index is 0.199. The van der Waals surface area contributed by atoms with Gasteiger partial charge in [-0.25, -0.2) is 0 Å². The molecule has 2 saturated heterocycles. The molecule has 0 bridgehead atoms. The molecule has 45 heavy (non-hydrogen) atoms. The quantitative estimate of drug-likeness (QED) is 0.251. The molecular weight excluding hydrogens is 576 g/mol. The predicted molar refractivity (Wildman–Crippen MR) is 167 cm³/mol. The lowest BCUT2D eigenvalue weighted by Gasteiger charge is -2.48.